The van der Waals surface area contributed by atoms with Gasteiger partial charge in [0.1, 0.15) is 5.75 Å². The summed E-state index contributed by atoms with van der Waals surface area (Å²) in [6.45, 7) is 0. The van der Waals surface area contributed by atoms with Crippen molar-refractivity contribution in [3.05, 3.63) is 23.2 Å². The first-order valence-electron chi connectivity index (χ1n) is 4.02. The summed E-state index contributed by atoms with van der Waals surface area (Å²) in [5.41, 5.74) is 0.225. The fourth-order valence-corrected chi connectivity index (χ4v) is 1.73. The predicted octanol–water partition coefficient (Wildman–Crippen LogP) is 1.26. The van der Waals surface area contributed by atoms with Gasteiger partial charge in [-0.3, -0.25) is 4.72 Å². The van der Waals surface area contributed by atoms with E-state index >= 15 is 0 Å². The van der Waals surface area contributed by atoms with E-state index in [4.69, 9.17) is 16.7 Å². The third kappa shape index (κ3) is 2.98. The lowest BCUT2D eigenvalue weighted by Gasteiger charge is -2.14. The van der Waals surface area contributed by atoms with Crippen LogP contribution >= 0.6 is 11.6 Å². The maximum atomic E-state index is 11.4. The van der Waals surface area contributed by atoms with Crippen LogP contribution < -0.4 is 4.72 Å². The Kier molecular flexibility index (Phi) is 3.43. The van der Waals surface area contributed by atoms with Gasteiger partial charge in [0.25, 0.3) is 0 Å². The van der Waals surface area contributed by atoms with Gasteiger partial charge in [-0.2, -0.15) is 12.7 Å². The summed E-state index contributed by atoms with van der Waals surface area (Å²) in [4.78, 5) is 0. The zero-order valence-electron chi connectivity index (χ0n) is 8.23. The smallest absolute Gasteiger partial charge is 0.301 e. The van der Waals surface area contributed by atoms with Gasteiger partial charge in [0, 0.05) is 20.2 Å². The summed E-state index contributed by atoms with van der Waals surface area (Å²) in [5, 5.41) is 9.21. The molecule has 0 aliphatic rings. The van der Waals surface area contributed by atoms with Gasteiger partial charge in [-0.25, -0.2) is 0 Å². The monoisotopic (exact) mass is 250 g/mol. The van der Waals surface area contributed by atoms with Crippen molar-refractivity contribution in [2.24, 2.45) is 0 Å². The second-order valence-corrected chi connectivity index (χ2v) is 5.35. The highest BCUT2D eigenvalue weighted by molar-refractivity contribution is 7.90. The molecule has 1 aromatic rings. The van der Waals surface area contributed by atoms with Crippen LogP contribution in [0.3, 0.4) is 0 Å². The lowest BCUT2D eigenvalue weighted by Crippen LogP contribution is -2.29. The van der Waals surface area contributed by atoms with Crippen molar-refractivity contribution >= 4 is 27.5 Å². The number of halogens is 1. The molecule has 1 aromatic carbocycles. The lowest BCUT2D eigenvalue weighted by molar-refractivity contribution is 0.475. The summed E-state index contributed by atoms with van der Waals surface area (Å²) >= 11 is 5.73. The second kappa shape index (κ2) is 4.26. The van der Waals surface area contributed by atoms with Gasteiger partial charge in [-0.05, 0) is 12.1 Å². The average molecular weight is 251 g/mol. The summed E-state index contributed by atoms with van der Waals surface area (Å²) in [5.74, 6) is -0.0206. The van der Waals surface area contributed by atoms with E-state index in [0.29, 0.717) is 0 Å². The average Bonchev–Trinajstić information content (AvgIpc) is 2.09. The Morgan fingerprint density at radius 1 is 1.40 bits per heavy atom. The number of hydrogen-bond donors (Lipinski definition) is 2. The molecule has 15 heavy (non-hydrogen) atoms. The zero-order valence-corrected chi connectivity index (χ0v) is 9.80. The fraction of sp³-hybridized carbons (Fsp3) is 0.250. The highest BCUT2D eigenvalue weighted by Crippen LogP contribution is 2.26. The van der Waals surface area contributed by atoms with Gasteiger partial charge in [0.05, 0.1) is 10.7 Å². The first kappa shape index (κ1) is 12.1. The molecule has 0 atom stereocenters. The van der Waals surface area contributed by atoms with E-state index in [-0.39, 0.29) is 16.5 Å². The van der Waals surface area contributed by atoms with Crippen molar-refractivity contribution in [1.29, 1.82) is 0 Å². The summed E-state index contributed by atoms with van der Waals surface area (Å²) < 4.78 is 26.2. The highest BCUT2D eigenvalue weighted by atomic mass is 35.5. The van der Waals surface area contributed by atoms with Crippen molar-refractivity contribution in [3.63, 3.8) is 0 Å². The Morgan fingerprint density at radius 2 is 2.00 bits per heavy atom. The van der Waals surface area contributed by atoms with Crippen molar-refractivity contribution in [1.82, 2.24) is 4.31 Å². The molecule has 0 saturated heterocycles. The molecule has 0 spiro atoms. The molecule has 84 valence electrons. The molecule has 1 rings (SSSR count). The minimum Gasteiger partial charge on any atom is -0.508 e. The van der Waals surface area contributed by atoms with Crippen LogP contribution in [0.15, 0.2) is 18.2 Å². The number of aromatic hydroxyl groups is 1. The van der Waals surface area contributed by atoms with Crippen molar-refractivity contribution in [3.8, 4) is 5.75 Å². The van der Waals surface area contributed by atoms with Crippen LogP contribution in [0.25, 0.3) is 0 Å². The number of nitrogens with zero attached hydrogens (tertiary/aromatic N) is 1. The molecule has 5 nitrogen and oxygen atoms in total. The molecule has 0 bridgehead atoms. The molecule has 0 fully saturated rings. The minimum atomic E-state index is -3.57. The van der Waals surface area contributed by atoms with Crippen LogP contribution in [0.1, 0.15) is 0 Å². The first-order valence-corrected chi connectivity index (χ1v) is 5.83. The molecule has 0 unspecified atom stereocenters. The summed E-state index contributed by atoms with van der Waals surface area (Å²) in [6, 6.07) is 3.99. The largest absolute Gasteiger partial charge is 0.508 e. The van der Waals surface area contributed by atoms with Crippen molar-refractivity contribution in [2.75, 3.05) is 18.8 Å². The van der Waals surface area contributed by atoms with Crippen LogP contribution in [-0.2, 0) is 10.2 Å². The Morgan fingerprint density at radius 3 is 2.47 bits per heavy atom. The van der Waals surface area contributed by atoms with Crippen LogP contribution in [0.4, 0.5) is 5.69 Å². The Bertz CT molecular complexity index is 459. The Hall–Kier alpha value is -0.980. The van der Waals surface area contributed by atoms with E-state index in [1.807, 2.05) is 0 Å². The number of phenolic OH excluding ortho intramolecular Hbond substituents is 1. The Labute approximate surface area is 93.5 Å². The van der Waals surface area contributed by atoms with Crippen molar-refractivity contribution in [2.45, 2.75) is 0 Å². The first-order chi connectivity index (χ1) is 6.83. The molecule has 0 heterocycles. The van der Waals surface area contributed by atoms with Crippen LogP contribution in [0.2, 0.25) is 5.02 Å². The molecular weight excluding hydrogens is 240 g/mol. The second-order valence-electron chi connectivity index (χ2n) is 3.05. The number of rotatable bonds is 3. The summed E-state index contributed by atoms with van der Waals surface area (Å²) in [6.07, 6.45) is 0. The molecule has 2 N–H and O–H groups in total. The predicted molar refractivity (Wildman–Crippen MR) is 59.3 cm³/mol. The maximum Gasteiger partial charge on any atom is 0.301 e. The third-order valence-corrected chi connectivity index (χ3v) is 3.42. The van der Waals surface area contributed by atoms with E-state index < -0.39 is 10.2 Å². The number of hydrogen-bond acceptors (Lipinski definition) is 3. The van der Waals surface area contributed by atoms with Crippen LogP contribution in [0, 0.1) is 0 Å². The van der Waals surface area contributed by atoms with Crippen molar-refractivity contribution < 1.29 is 13.5 Å². The molecule has 0 aliphatic carbocycles. The molecule has 0 radical (unpaired) electrons. The van der Waals surface area contributed by atoms with Crippen LogP contribution in [-0.4, -0.2) is 31.9 Å². The standard InChI is InChI=1S/C8H11ClN2O3S/c1-11(2)15(13,14)10-8-4-3-6(12)5-7(8)9/h3-5,10,12H,1-2H3. The normalized spacial score (nSPS) is 11.7. The van der Waals surface area contributed by atoms with E-state index in [9.17, 15) is 8.42 Å². The zero-order chi connectivity index (χ0) is 11.6. The quantitative estimate of drug-likeness (QED) is 0.794. The van der Waals surface area contributed by atoms with E-state index in [1.54, 1.807) is 0 Å². The van der Waals surface area contributed by atoms with Gasteiger partial charge >= 0.3 is 10.2 Å². The maximum absolute atomic E-state index is 11.4. The lowest BCUT2D eigenvalue weighted by atomic mass is 10.3. The molecule has 7 heteroatoms. The number of anilines is 1. The number of phenols is 1. The molecule has 0 amide bonds. The number of nitrogens with one attached hydrogen (secondary N) is 1. The van der Waals surface area contributed by atoms with Gasteiger partial charge < -0.3 is 5.11 Å². The van der Waals surface area contributed by atoms with E-state index in [0.717, 1.165) is 4.31 Å². The molecule has 0 aliphatic heterocycles. The van der Waals surface area contributed by atoms with Gasteiger partial charge in [-0.1, -0.05) is 11.6 Å². The SMILES string of the molecule is CN(C)S(=O)(=O)Nc1ccc(O)cc1Cl. The van der Waals surface area contributed by atoms with E-state index in [2.05, 4.69) is 4.72 Å². The molecule has 0 aromatic heterocycles. The van der Waals surface area contributed by atoms with Gasteiger partial charge in [0.2, 0.25) is 0 Å². The number of benzene rings is 1. The highest BCUT2D eigenvalue weighted by Gasteiger charge is 2.14. The Balaban J connectivity index is 3.01. The van der Waals surface area contributed by atoms with Crippen LogP contribution in [0.5, 0.6) is 5.75 Å². The van der Waals surface area contributed by atoms with E-state index in [1.165, 1.54) is 32.3 Å². The summed E-state index contributed by atoms with van der Waals surface area (Å²) in [7, 11) is -0.770. The third-order valence-electron chi connectivity index (χ3n) is 1.67. The van der Waals surface area contributed by atoms with Gasteiger partial charge in [0.15, 0.2) is 0 Å². The fourth-order valence-electron chi connectivity index (χ4n) is 0.817. The van der Waals surface area contributed by atoms with Gasteiger partial charge in [-0.15, -0.1) is 0 Å². The molecular formula is C8H11ClN2O3S. The topological polar surface area (TPSA) is 69.6 Å². The molecule has 0 saturated carbocycles. The minimum absolute atomic E-state index is 0.0206.